The van der Waals surface area contributed by atoms with E-state index in [0.29, 0.717) is 18.4 Å². The molecule has 2 aliphatic rings. The molecule has 0 aromatic heterocycles. The number of aromatic hydroxyl groups is 1. The zero-order valence-electron chi connectivity index (χ0n) is 12.4. The maximum absolute atomic E-state index is 12.9. The highest BCUT2D eigenvalue weighted by Gasteiger charge is 2.46. The van der Waals surface area contributed by atoms with Gasteiger partial charge >= 0.3 is 6.18 Å². The molecule has 1 aromatic rings. The van der Waals surface area contributed by atoms with Crippen molar-refractivity contribution in [2.75, 3.05) is 6.61 Å². The predicted octanol–water partition coefficient (Wildman–Crippen LogP) is 2.79. The molecule has 1 saturated heterocycles. The number of carbonyl (C=O) groups is 1. The molecule has 1 saturated carbocycles. The summed E-state index contributed by atoms with van der Waals surface area (Å²) in [5, 5.41) is 19.0. The first-order valence-corrected chi connectivity index (χ1v) is 7.66. The Hall–Kier alpha value is -1.76. The molecule has 1 aliphatic carbocycles. The summed E-state index contributed by atoms with van der Waals surface area (Å²) in [5.74, 6) is -0.846. The monoisotopic (exact) mass is 329 g/mol. The van der Waals surface area contributed by atoms with Gasteiger partial charge in [0.15, 0.2) is 0 Å². The van der Waals surface area contributed by atoms with Crippen molar-refractivity contribution in [1.82, 2.24) is 4.90 Å². The van der Waals surface area contributed by atoms with Gasteiger partial charge in [0, 0.05) is 11.6 Å². The zero-order valence-corrected chi connectivity index (χ0v) is 12.4. The van der Waals surface area contributed by atoms with Crippen LogP contribution < -0.4 is 0 Å². The van der Waals surface area contributed by atoms with Crippen LogP contribution in [0.1, 0.15) is 41.6 Å². The van der Waals surface area contributed by atoms with E-state index in [0.717, 1.165) is 31.4 Å². The van der Waals surface area contributed by atoms with Gasteiger partial charge in [-0.15, -0.1) is 0 Å². The van der Waals surface area contributed by atoms with Gasteiger partial charge in [0.1, 0.15) is 5.75 Å². The number of phenolic OH excluding ortho intramolecular Hbond substituents is 1. The molecular formula is C16H18F3NO3. The van der Waals surface area contributed by atoms with Crippen molar-refractivity contribution in [3.63, 3.8) is 0 Å². The minimum absolute atomic E-state index is 0.0312. The van der Waals surface area contributed by atoms with Gasteiger partial charge in [-0.3, -0.25) is 4.79 Å². The molecule has 4 nitrogen and oxygen atoms in total. The topological polar surface area (TPSA) is 60.8 Å². The van der Waals surface area contributed by atoms with Crippen LogP contribution in [0.4, 0.5) is 13.2 Å². The smallest absolute Gasteiger partial charge is 0.416 e. The molecule has 3 atom stereocenters. The van der Waals surface area contributed by atoms with E-state index in [1.54, 1.807) is 0 Å². The van der Waals surface area contributed by atoms with E-state index < -0.39 is 23.4 Å². The fourth-order valence-electron chi connectivity index (χ4n) is 3.92. The van der Waals surface area contributed by atoms with Crippen LogP contribution in [0.2, 0.25) is 0 Å². The third kappa shape index (κ3) is 2.89. The Morgan fingerprint density at radius 3 is 2.65 bits per heavy atom. The number of aliphatic hydroxyl groups excluding tert-OH is 1. The highest BCUT2D eigenvalue weighted by atomic mass is 19.4. The highest BCUT2D eigenvalue weighted by molar-refractivity contribution is 5.95. The van der Waals surface area contributed by atoms with E-state index >= 15 is 0 Å². The maximum atomic E-state index is 12.9. The minimum Gasteiger partial charge on any atom is -0.508 e. The van der Waals surface area contributed by atoms with E-state index in [1.165, 1.54) is 4.90 Å². The number of hydrogen-bond donors (Lipinski definition) is 2. The summed E-state index contributed by atoms with van der Waals surface area (Å²) in [6.07, 6.45) is -1.20. The number of hydrogen-bond acceptors (Lipinski definition) is 3. The summed E-state index contributed by atoms with van der Waals surface area (Å²) in [7, 11) is 0. The van der Waals surface area contributed by atoms with Gasteiger partial charge in [-0.25, -0.2) is 0 Å². The first-order valence-electron chi connectivity index (χ1n) is 7.66. The largest absolute Gasteiger partial charge is 0.508 e. The second-order valence-corrected chi connectivity index (χ2v) is 6.31. The van der Waals surface area contributed by atoms with Crippen molar-refractivity contribution in [1.29, 1.82) is 0 Å². The average molecular weight is 329 g/mol. The summed E-state index contributed by atoms with van der Waals surface area (Å²) in [6.45, 7) is -0.205. The number of fused-ring (bicyclic) bond motifs is 1. The van der Waals surface area contributed by atoms with Crippen molar-refractivity contribution in [3.8, 4) is 5.75 Å². The molecule has 126 valence electrons. The second-order valence-electron chi connectivity index (χ2n) is 6.31. The lowest BCUT2D eigenvalue weighted by atomic mass is 10.0. The first-order chi connectivity index (χ1) is 10.8. The molecule has 0 spiro atoms. The van der Waals surface area contributed by atoms with Crippen LogP contribution >= 0.6 is 0 Å². The standard InChI is InChI=1S/C16H18F3NO3/c17-16(18,19)11-4-10(6-13(22)7-11)15(23)20-12(8-21)5-9-2-1-3-14(9)20/h4,6-7,9,12,14,21-22H,1-3,5,8H2/t9-,12-,14-/m0/s1. The van der Waals surface area contributed by atoms with Crippen LogP contribution in [0.25, 0.3) is 0 Å². The Balaban J connectivity index is 1.94. The number of halogens is 3. The normalized spacial score (nSPS) is 27.3. The van der Waals surface area contributed by atoms with Crippen LogP contribution in [0.15, 0.2) is 18.2 Å². The number of rotatable bonds is 2. The maximum Gasteiger partial charge on any atom is 0.416 e. The van der Waals surface area contributed by atoms with E-state index in [2.05, 4.69) is 0 Å². The van der Waals surface area contributed by atoms with E-state index in [1.807, 2.05) is 0 Å². The molecule has 1 aliphatic heterocycles. The number of likely N-dealkylation sites (tertiary alicyclic amines) is 1. The minimum atomic E-state index is -4.63. The summed E-state index contributed by atoms with van der Waals surface area (Å²) >= 11 is 0. The second kappa shape index (κ2) is 5.70. The lowest BCUT2D eigenvalue weighted by Crippen LogP contribution is -2.43. The SMILES string of the molecule is O=C(c1cc(O)cc(C(F)(F)F)c1)N1[C@H](CO)C[C@@H]2CCC[C@@H]21. The molecule has 1 heterocycles. The van der Waals surface area contributed by atoms with Crippen molar-refractivity contribution in [3.05, 3.63) is 29.3 Å². The van der Waals surface area contributed by atoms with Crippen LogP contribution in [0, 0.1) is 5.92 Å². The quantitative estimate of drug-likeness (QED) is 0.877. The van der Waals surface area contributed by atoms with Crippen LogP contribution in [-0.2, 0) is 6.18 Å². The molecule has 7 heteroatoms. The lowest BCUT2D eigenvalue weighted by Gasteiger charge is -2.29. The Bertz CT molecular complexity index is 617. The number of carbonyl (C=O) groups excluding carboxylic acids is 1. The van der Waals surface area contributed by atoms with Gasteiger partial charge in [0.2, 0.25) is 0 Å². The molecule has 0 bridgehead atoms. The Morgan fingerprint density at radius 1 is 1.26 bits per heavy atom. The van der Waals surface area contributed by atoms with Crippen LogP contribution in [0.5, 0.6) is 5.75 Å². The number of phenols is 1. The molecule has 1 amide bonds. The first kappa shape index (κ1) is 16.1. The van der Waals surface area contributed by atoms with Crippen LogP contribution in [-0.4, -0.2) is 39.7 Å². The number of benzene rings is 1. The van der Waals surface area contributed by atoms with E-state index in [-0.39, 0.29) is 24.3 Å². The van der Waals surface area contributed by atoms with Gasteiger partial charge in [-0.2, -0.15) is 13.2 Å². The van der Waals surface area contributed by atoms with Crippen molar-refractivity contribution in [2.45, 2.75) is 43.9 Å². The van der Waals surface area contributed by atoms with E-state index in [9.17, 15) is 28.2 Å². The van der Waals surface area contributed by atoms with Crippen LogP contribution in [0.3, 0.4) is 0 Å². The number of amides is 1. The Kier molecular flexibility index (Phi) is 4.00. The predicted molar refractivity (Wildman–Crippen MR) is 75.9 cm³/mol. The summed E-state index contributed by atoms with van der Waals surface area (Å²) in [4.78, 5) is 14.2. The molecule has 2 N–H and O–H groups in total. The van der Waals surface area contributed by atoms with Gasteiger partial charge in [-0.05, 0) is 43.4 Å². The Labute approximate surface area is 131 Å². The summed E-state index contributed by atoms with van der Waals surface area (Å²) in [5.41, 5.74) is -1.24. The van der Waals surface area contributed by atoms with Gasteiger partial charge in [-0.1, -0.05) is 6.42 Å². The fraction of sp³-hybridized carbons (Fsp3) is 0.562. The molecule has 1 aromatic carbocycles. The number of alkyl halides is 3. The third-order valence-electron chi connectivity index (χ3n) is 4.88. The summed E-state index contributed by atoms with van der Waals surface area (Å²) in [6, 6.07) is 2.02. The van der Waals surface area contributed by atoms with Gasteiger partial charge in [0.25, 0.3) is 5.91 Å². The van der Waals surface area contributed by atoms with Gasteiger partial charge in [0.05, 0.1) is 18.2 Å². The molecule has 0 unspecified atom stereocenters. The summed E-state index contributed by atoms with van der Waals surface area (Å²) < 4.78 is 38.6. The number of aliphatic hydroxyl groups is 1. The zero-order chi connectivity index (χ0) is 16.8. The lowest BCUT2D eigenvalue weighted by molar-refractivity contribution is -0.137. The molecule has 23 heavy (non-hydrogen) atoms. The third-order valence-corrected chi connectivity index (χ3v) is 4.88. The van der Waals surface area contributed by atoms with Gasteiger partial charge < -0.3 is 15.1 Å². The molecule has 3 rings (SSSR count). The fourth-order valence-corrected chi connectivity index (χ4v) is 3.92. The average Bonchev–Trinajstić information content (AvgIpc) is 3.04. The Morgan fingerprint density at radius 2 is 2.00 bits per heavy atom. The van der Waals surface area contributed by atoms with E-state index in [4.69, 9.17) is 0 Å². The van der Waals surface area contributed by atoms with Crippen molar-refractivity contribution >= 4 is 5.91 Å². The molecule has 0 radical (unpaired) electrons. The molecule has 2 fully saturated rings. The van der Waals surface area contributed by atoms with Crippen molar-refractivity contribution in [2.24, 2.45) is 5.92 Å². The molecular weight excluding hydrogens is 311 g/mol. The highest BCUT2D eigenvalue weighted by Crippen LogP contribution is 2.42. The van der Waals surface area contributed by atoms with Crippen molar-refractivity contribution < 1.29 is 28.2 Å². The number of nitrogens with zero attached hydrogens (tertiary/aromatic N) is 1.